The van der Waals surface area contributed by atoms with Crippen molar-refractivity contribution in [2.45, 2.75) is 37.5 Å². The Morgan fingerprint density at radius 3 is 2.20 bits per heavy atom. The van der Waals surface area contributed by atoms with Crippen molar-refractivity contribution in [2.24, 2.45) is 11.8 Å². The van der Waals surface area contributed by atoms with Gasteiger partial charge in [0.1, 0.15) is 0 Å². The van der Waals surface area contributed by atoms with Gasteiger partial charge >= 0.3 is 0 Å². The van der Waals surface area contributed by atoms with Gasteiger partial charge in [-0.2, -0.15) is 0 Å². The van der Waals surface area contributed by atoms with Crippen molar-refractivity contribution in [1.82, 2.24) is 4.90 Å². The lowest BCUT2D eigenvalue weighted by molar-refractivity contribution is -0.133. The Hall–Kier alpha value is -2.09. The first-order valence-electron chi connectivity index (χ1n) is 9.58. The van der Waals surface area contributed by atoms with Crippen LogP contribution in [0.2, 0.25) is 0 Å². The molecule has 2 nitrogen and oxygen atoms in total. The normalized spacial score (nSPS) is 27.2. The summed E-state index contributed by atoms with van der Waals surface area (Å²) in [5.74, 6) is 1.16. The summed E-state index contributed by atoms with van der Waals surface area (Å²) in [7, 11) is 1.99. The highest BCUT2D eigenvalue weighted by molar-refractivity contribution is 5.91. The molecule has 2 aromatic carbocycles. The van der Waals surface area contributed by atoms with Gasteiger partial charge in [0.25, 0.3) is 0 Å². The number of carbonyl (C=O) groups excluding carboxylic acids is 1. The molecule has 1 saturated heterocycles. The standard InChI is InChI=1S/C23H27NO/c1-24-17-21(16-18-10-4-2-5-11-18)23(22(24)25,20-14-8-9-15-20)19-12-6-3-7-13-19/h2-7,10-13,20-21H,8-9,14-17H2,1H3. The Balaban J connectivity index is 1.81. The van der Waals surface area contributed by atoms with Crippen molar-refractivity contribution in [3.8, 4) is 0 Å². The van der Waals surface area contributed by atoms with Gasteiger partial charge in [-0.15, -0.1) is 0 Å². The lowest BCUT2D eigenvalue weighted by Crippen LogP contribution is -2.46. The quantitative estimate of drug-likeness (QED) is 0.810. The van der Waals surface area contributed by atoms with E-state index in [0.717, 1.165) is 13.0 Å². The average molecular weight is 333 g/mol. The molecular weight excluding hydrogens is 306 g/mol. The second-order valence-corrected chi connectivity index (χ2v) is 7.79. The Kier molecular flexibility index (Phi) is 4.37. The van der Waals surface area contributed by atoms with Crippen LogP contribution in [0.1, 0.15) is 36.8 Å². The van der Waals surface area contributed by atoms with Crippen LogP contribution in [-0.4, -0.2) is 24.4 Å². The highest BCUT2D eigenvalue weighted by Crippen LogP contribution is 2.52. The smallest absolute Gasteiger partial charge is 0.233 e. The van der Waals surface area contributed by atoms with Crippen molar-refractivity contribution in [3.05, 3.63) is 71.8 Å². The zero-order valence-corrected chi connectivity index (χ0v) is 15.0. The molecule has 2 heteroatoms. The second kappa shape index (κ2) is 6.67. The summed E-state index contributed by atoms with van der Waals surface area (Å²) < 4.78 is 0. The third-order valence-corrected chi connectivity index (χ3v) is 6.41. The van der Waals surface area contributed by atoms with Gasteiger partial charge in [0.05, 0.1) is 5.41 Å². The third kappa shape index (κ3) is 2.68. The molecular formula is C23H27NO. The van der Waals surface area contributed by atoms with E-state index in [1.165, 1.54) is 36.8 Å². The van der Waals surface area contributed by atoms with E-state index in [-0.39, 0.29) is 5.41 Å². The van der Waals surface area contributed by atoms with E-state index in [1.54, 1.807) is 0 Å². The molecule has 2 aromatic rings. The van der Waals surface area contributed by atoms with Gasteiger partial charge in [-0.25, -0.2) is 0 Å². The molecule has 1 aliphatic carbocycles. The minimum absolute atomic E-state index is 0.339. The lowest BCUT2D eigenvalue weighted by Gasteiger charge is -2.39. The first kappa shape index (κ1) is 16.4. The number of likely N-dealkylation sites (N-methyl/N-ethyl adjacent to an activating group) is 1. The zero-order chi connectivity index (χ0) is 17.3. The van der Waals surface area contributed by atoms with Crippen molar-refractivity contribution in [3.63, 3.8) is 0 Å². The maximum absolute atomic E-state index is 13.5. The van der Waals surface area contributed by atoms with Gasteiger partial charge in [-0.05, 0) is 42.2 Å². The average Bonchev–Trinajstić information content (AvgIpc) is 3.26. The van der Waals surface area contributed by atoms with Crippen LogP contribution in [0.25, 0.3) is 0 Å². The Morgan fingerprint density at radius 1 is 0.960 bits per heavy atom. The molecule has 1 heterocycles. The number of hydrogen-bond acceptors (Lipinski definition) is 1. The number of nitrogens with zero attached hydrogens (tertiary/aromatic N) is 1. The summed E-state index contributed by atoms with van der Waals surface area (Å²) in [4.78, 5) is 15.5. The number of benzene rings is 2. The van der Waals surface area contributed by atoms with Crippen LogP contribution in [0, 0.1) is 11.8 Å². The first-order chi connectivity index (χ1) is 12.2. The van der Waals surface area contributed by atoms with E-state index in [9.17, 15) is 4.79 Å². The minimum atomic E-state index is -0.345. The van der Waals surface area contributed by atoms with Gasteiger partial charge in [0.2, 0.25) is 5.91 Å². The number of hydrogen-bond donors (Lipinski definition) is 0. The Labute approximate surface area is 150 Å². The summed E-state index contributed by atoms with van der Waals surface area (Å²) in [6.45, 7) is 0.860. The van der Waals surface area contributed by atoms with Crippen molar-refractivity contribution in [2.75, 3.05) is 13.6 Å². The molecule has 0 bridgehead atoms. The number of likely N-dealkylation sites (tertiary alicyclic amines) is 1. The van der Waals surface area contributed by atoms with Crippen LogP contribution in [0.4, 0.5) is 0 Å². The highest BCUT2D eigenvalue weighted by atomic mass is 16.2. The SMILES string of the molecule is CN1CC(Cc2ccccc2)C(c2ccccc2)(C2CCCC2)C1=O. The summed E-state index contributed by atoms with van der Waals surface area (Å²) in [6.07, 6.45) is 5.85. The first-order valence-corrected chi connectivity index (χ1v) is 9.58. The number of rotatable bonds is 4. The van der Waals surface area contributed by atoms with E-state index in [2.05, 4.69) is 60.7 Å². The molecule has 0 spiro atoms. The summed E-state index contributed by atoms with van der Waals surface area (Å²) in [5, 5.41) is 0. The topological polar surface area (TPSA) is 20.3 Å². The summed E-state index contributed by atoms with van der Waals surface area (Å²) >= 11 is 0. The number of carbonyl (C=O) groups is 1. The molecule has 25 heavy (non-hydrogen) atoms. The molecule has 2 unspecified atom stereocenters. The van der Waals surface area contributed by atoms with Crippen molar-refractivity contribution >= 4 is 5.91 Å². The molecule has 4 rings (SSSR count). The second-order valence-electron chi connectivity index (χ2n) is 7.79. The molecule has 2 aliphatic rings. The number of amides is 1. The van der Waals surface area contributed by atoms with Crippen molar-refractivity contribution < 1.29 is 4.79 Å². The molecule has 130 valence electrons. The molecule has 1 amide bonds. The zero-order valence-electron chi connectivity index (χ0n) is 15.0. The van der Waals surface area contributed by atoms with Crippen LogP contribution in [0.3, 0.4) is 0 Å². The summed E-state index contributed by atoms with van der Waals surface area (Å²) in [5.41, 5.74) is 2.23. The Bertz CT molecular complexity index is 720. The third-order valence-electron chi connectivity index (χ3n) is 6.41. The maximum atomic E-state index is 13.5. The molecule has 2 atom stereocenters. The van der Waals surface area contributed by atoms with Gasteiger partial charge in [-0.1, -0.05) is 73.5 Å². The van der Waals surface area contributed by atoms with Crippen LogP contribution in [-0.2, 0) is 16.6 Å². The van der Waals surface area contributed by atoms with E-state index in [4.69, 9.17) is 0 Å². The monoisotopic (exact) mass is 333 g/mol. The maximum Gasteiger partial charge on any atom is 0.233 e. The van der Waals surface area contributed by atoms with E-state index >= 15 is 0 Å². The molecule has 0 aromatic heterocycles. The lowest BCUT2D eigenvalue weighted by atomic mass is 9.61. The molecule has 1 saturated carbocycles. The van der Waals surface area contributed by atoms with Gasteiger partial charge in [0, 0.05) is 13.6 Å². The minimum Gasteiger partial charge on any atom is -0.345 e. The van der Waals surface area contributed by atoms with Gasteiger partial charge in [-0.3, -0.25) is 4.79 Å². The van der Waals surface area contributed by atoms with Crippen LogP contribution < -0.4 is 0 Å². The van der Waals surface area contributed by atoms with Gasteiger partial charge < -0.3 is 4.90 Å². The molecule has 0 radical (unpaired) electrons. The Morgan fingerprint density at radius 2 is 1.56 bits per heavy atom. The molecule has 1 aliphatic heterocycles. The van der Waals surface area contributed by atoms with E-state index in [0.29, 0.717) is 17.7 Å². The van der Waals surface area contributed by atoms with Crippen LogP contribution in [0.15, 0.2) is 60.7 Å². The van der Waals surface area contributed by atoms with E-state index < -0.39 is 0 Å². The molecule has 2 fully saturated rings. The fraction of sp³-hybridized carbons (Fsp3) is 0.435. The fourth-order valence-electron chi connectivity index (χ4n) is 5.37. The van der Waals surface area contributed by atoms with Gasteiger partial charge in [0.15, 0.2) is 0 Å². The van der Waals surface area contributed by atoms with Crippen LogP contribution >= 0.6 is 0 Å². The largest absolute Gasteiger partial charge is 0.345 e. The predicted molar refractivity (Wildman–Crippen MR) is 101 cm³/mol. The van der Waals surface area contributed by atoms with E-state index in [1.807, 2.05) is 11.9 Å². The fourth-order valence-corrected chi connectivity index (χ4v) is 5.37. The van der Waals surface area contributed by atoms with Crippen molar-refractivity contribution in [1.29, 1.82) is 0 Å². The summed E-state index contributed by atoms with van der Waals surface area (Å²) in [6, 6.07) is 21.3. The highest BCUT2D eigenvalue weighted by Gasteiger charge is 2.58. The van der Waals surface area contributed by atoms with Crippen LogP contribution in [0.5, 0.6) is 0 Å². The molecule has 0 N–H and O–H groups in total. The predicted octanol–water partition coefficient (Wildman–Crippen LogP) is 4.45.